The van der Waals surface area contributed by atoms with Crippen molar-refractivity contribution >= 4 is 11.8 Å². The van der Waals surface area contributed by atoms with Crippen molar-refractivity contribution < 1.29 is 9.59 Å². The molecular formula is C26H36N2O2. The smallest absolute Gasteiger partial charge is 0.243 e. The Morgan fingerprint density at radius 2 is 1.40 bits per heavy atom. The molecule has 0 fully saturated rings. The maximum Gasteiger partial charge on any atom is 0.243 e. The highest BCUT2D eigenvalue weighted by atomic mass is 16.2. The van der Waals surface area contributed by atoms with Crippen molar-refractivity contribution in [3.8, 4) is 0 Å². The summed E-state index contributed by atoms with van der Waals surface area (Å²) in [4.78, 5) is 28.0. The third-order valence-corrected chi connectivity index (χ3v) is 5.11. The maximum absolute atomic E-state index is 13.3. The lowest BCUT2D eigenvalue weighted by molar-refractivity contribution is -0.142. The van der Waals surface area contributed by atoms with Crippen molar-refractivity contribution in [3.05, 3.63) is 70.8 Å². The first-order valence-electron chi connectivity index (χ1n) is 10.8. The average Bonchev–Trinajstić information content (AvgIpc) is 2.67. The molecule has 0 bridgehead atoms. The zero-order valence-corrected chi connectivity index (χ0v) is 19.3. The molecule has 0 unspecified atom stereocenters. The summed E-state index contributed by atoms with van der Waals surface area (Å²) in [6, 6.07) is 15.9. The number of carbonyl (C=O) groups excluding carboxylic acids is 2. The summed E-state index contributed by atoms with van der Waals surface area (Å²) in [6.45, 7) is 12.4. The molecule has 0 heterocycles. The molecule has 2 aromatic rings. The van der Waals surface area contributed by atoms with Crippen LogP contribution in [0.5, 0.6) is 0 Å². The van der Waals surface area contributed by atoms with E-state index in [2.05, 4.69) is 36.5 Å². The van der Waals surface area contributed by atoms with E-state index in [4.69, 9.17) is 0 Å². The summed E-state index contributed by atoms with van der Waals surface area (Å²) >= 11 is 0. The summed E-state index contributed by atoms with van der Waals surface area (Å²) in [5, 5.41) is 3.05. The first-order chi connectivity index (χ1) is 14.1. The highest BCUT2D eigenvalue weighted by Crippen LogP contribution is 2.17. The molecule has 2 amide bonds. The monoisotopic (exact) mass is 408 g/mol. The van der Waals surface area contributed by atoms with Gasteiger partial charge in [0.2, 0.25) is 11.8 Å². The van der Waals surface area contributed by atoms with Gasteiger partial charge in [0.15, 0.2) is 0 Å². The van der Waals surface area contributed by atoms with Crippen LogP contribution in [-0.4, -0.2) is 28.3 Å². The third kappa shape index (κ3) is 7.33. The van der Waals surface area contributed by atoms with Gasteiger partial charge in [0.05, 0.1) is 0 Å². The van der Waals surface area contributed by atoms with Crippen LogP contribution in [0.3, 0.4) is 0 Å². The predicted molar refractivity (Wildman–Crippen MR) is 123 cm³/mol. The number of carbonyl (C=O) groups is 2. The molecule has 0 aliphatic heterocycles. The van der Waals surface area contributed by atoms with E-state index in [9.17, 15) is 9.59 Å². The molecule has 1 N–H and O–H groups in total. The van der Waals surface area contributed by atoms with Crippen molar-refractivity contribution in [2.75, 3.05) is 0 Å². The van der Waals surface area contributed by atoms with Crippen molar-refractivity contribution in [2.24, 2.45) is 0 Å². The van der Waals surface area contributed by atoms with Crippen LogP contribution in [0.4, 0.5) is 0 Å². The van der Waals surface area contributed by atoms with Gasteiger partial charge in [-0.3, -0.25) is 9.59 Å². The number of nitrogens with one attached hydrogen (secondary N) is 1. The Bertz CT molecular complexity index is 833. The number of hydrogen-bond acceptors (Lipinski definition) is 2. The molecule has 0 aromatic heterocycles. The SMILES string of the molecule is CC[C@@H](C(=O)NC(C)(C)C)N(Cc1ccc(C)cc1)C(=O)CCc1ccc(C)cc1. The Morgan fingerprint density at radius 3 is 1.87 bits per heavy atom. The van der Waals surface area contributed by atoms with Crippen LogP contribution >= 0.6 is 0 Å². The Morgan fingerprint density at radius 1 is 0.900 bits per heavy atom. The molecular weight excluding hydrogens is 372 g/mol. The fourth-order valence-corrected chi connectivity index (χ4v) is 3.41. The van der Waals surface area contributed by atoms with Gasteiger partial charge in [0.25, 0.3) is 0 Å². The molecule has 0 aliphatic carbocycles. The zero-order chi connectivity index (χ0) is 22.3. The lowest BCUT2D eigenvalue weighted by Gasteiger charge is -2.33. The number of amides is 2. The van der Waals surface area contributed by atoms with Gasteiger partial charge in [-0.1, -0.05) is 66.6 Å². The van der Waals surface area contributed by atoms with Gasteiger partial charge in [-0.05, 0) is 58.6 Å². The van der Waals surface area contributed by atoms with E-state index in [1.165, 1.54) is 11.1 Å². The number of benzene rings is 2. The number of rotatable bonds is 8. The van der Waals surface area contributed by atoms with Crippen LogP contribution < -0.4 is 5.32 Å². The number of aryl methyl sites for hydroxylation is 3. The zero-order valence-electron chi connectivity index (χ0n) is 19.3. The predicted octanol–water partition coefficient (Wildman–Crippen LogP) is 4.96. The molecule has 30 heavy (non-hydrogen) atoms. The molecule has 2 rings (SSSR count). The van der Waals surface area contributed by atoms with E-state index in [-0.39, 0.29) is 17.4 Å². The van der Waals surface area contributed by atoms with E-state index >= 15 is 0 Å². The first kappa shape index (κ1) is 23.7. The fraction of sp³-hybridized carbons (Fsp3) is 0.462. The second kappa shape index (κ2) is 10.4. The van der Waals surface area contributed by atoms with Crippen LogP contribution in [-0.2, 0) is 22.6 Å². The lowest BCUT2D eigenvalue weighted by atomic mass is 10.0. The minimum Gasteiger partial charge on any atom is -0.350 e. The van der Waals surface area contributed by atoms with Crippen molar-refractivity contribution in [3.63, 3.8) is 0 Å². The Balaban J connectivity index is 2.21. The van der Waals surface area contributed by atoms with Gasteiger partial charge in [0.1, 0.15) is 6.04 Å². The van der Waals surface area contributed by atoms with Crippen LogP contribution in [0.2, 0.25) is 0 Å². The van der Waals surface area contributed by atoms with Crippen LogP contribution in [0.25, 0.3) is 0 Å². The van der Waals surface area contributed by atoms with Gasteiger partial charge in [-0.25, -0.2) is 0 Å². The minimum absolute atomic E-state index is 0.00654. The molecule has 0 radical (unpaired) electrons. The molecule has 2 aromatic carbocycles. The molecule has 162 valence electrons. The summed E-state index contributed by atoms with van der Waals surface area (Å²) in [5.41, 5.74) is 4.21. The van der Waals surface area contributed by atoms with E-state index in [0.29, 0.717) is 25.8 Å². The highest BCUT2D eigenvalue weighted by Gasteiger charge is 2.30. The first-order valence-corrected chi connectivity index (χ1v) is 10.8. The largest absolute Gasteiger partial charge is 0.350 e. The molecule has 0 spiro atoms. The normalized spacial score (nSPS) is 12.3. The van der Waals surface area contributed by atoms with Gasteiger partial charge >= 0.3 is 0 Å². The fourth-order valence-electron chi connectivity index (χ4n) is 3.41. The Kier molecular flexibility index (Phi) is 8.22. The molecule has 4 nitrogen and oxygen atoms in total. The van der Waals surface area contributed by atoms with Gasteiger partial charge in [-0.15, -0.1) is 0 Å². The van der Waals surface area contributed by atoms with E-state index in [1.807, 2.05) is 58.9 Å². The average molecular weight is 409 g/mol. The van der Waals surface area contributed by atoms with Gasteiger partial charge in [-0.2, -0.15) is 0 Å². The molecule has 1 atom stereocenters. The molecule has 4 heteroatoms. The molecule has 0 aliphatic rings. The number of hydrogen-bond donors (Lipinski definition) is 1. The van der Waals surface area contributed by atoms with Crippen molar-refractivity contribution in [2.45, 2.75) is 78.9 Å². The van der Waals surface area contributed by atoms with Gasteiger partial charge in [0, 0.05) is 18.5 Å². The van der Waals surface area contributed by atoms with Crippen LogP contribution in [0.1, 0.15) is 62.8 Å². The van der Waals surface area contributed by atoms with Crippen molar-refractivity contribution in [1.82, 2.24) is 10.2 Å². The van der Waals surface area contributed by atoms with E-state index in [1.54, 1.807) is 4.90 Å². The third-order valence-electron chi connectivity index (χ3n) is 5.11. The topological polar surface area (TPSA) is 49.4 Å². The summed E-state index contributed by atoms with van der Waals surface area (Å²) in [6.07, 6.45) is 1.62. The van der Waals surface area contributed by atoms with Crippen LogP contribution in [0, 0.1) is 13.8 Å². The molecule has 0 saturated carbocycles. The minimum atomic E-state index is -0.490. The lowest BCUT2D eigenvalue weighted by Crippen LogP contribution is -2.53. The van der Waals surface area contributed by atoms with Crippen LogP contribution in [0.15, 0.2) is 48.5 Å². The Hall–Kier alpha value is -2.62. The van der Waals surface area contributed by atoms with E-state index in [0.717, 1.165) is 11.1 Å². The summed E-state index contributed by atoms with van der Waals surface area (Å²) in [7, 11) is 0. The maximum atomic E-state index is 13.3. The highest BCUT2D eigenvalue weighted by molar-refractivity contribution is 5.88. The molecule has 0 saturated heterocycles. The second-order valence-electron chi connectivity index (χ2n) is 9.16. The summed E-state index contributed by atoms with van der Waals surface area (Å²) < 4.78 is 0. The van der Waals surface area contributed by atoms with E-state index < -0.39 is 6.04 Å². The Labute approximate surface area is 181 Å². The quantitative estimate of drug-likeness (QED) is 0.671. The standard InChI is InChI=1S/C26H36N2O2/c1-7-23(25(30)27-26(4,5)6)28(18-22-14-10-20(3)11-15-22)24(29)17-16-21-12-8-19(2)9-13-21/h8-15,23H,7,16-18H2,1-6H3,(H,27,30)/t23-/m0/s1. The number of nitrogens with zero attached hydrogens (tertiary/aromatic N) is 1. The van der Waals surface area contributed by atoms with Gasteiger partial charge < -0.3 is 10.2 Å². The second-order valence-corrected chi connectivity index (χ2v) is 9.16. The van der Waals surface area contributed by atoms with Crippen molar-refractivity contribution in [1.29, 1.82) is 0 Å². The summed E-state index contributed by atoms with van der Waals surface area (Å²) in [5.74, 6) is -0.0899.